The van der Waals surface area contributed by atoms with E-state index in [0.717, 1.165) is 31.7 Å². The molecule has 1 aliphatic carbocycles. The lowest BCUT2D eigenvalue weighted by atomic mass is 9.87. The molecular formula is C14H19BrFNO2S. The van der Waals surface area contributed by atoms with Crippen LogP contribution in [0, 0.1) is 11.7 Å². The lowest BCUT2D eigenvalue weighted by molar-refractivity contribution is 0.246. The SMILES string of the molecule is CC1CCC(N(C)S(=O)(=O)c2ccc(Br)c(F)c2)CC1. The molecule has 0 unspecified atom stereocenters. The maximum absolute atomic E-state index is 13.5. The van der Waals surface area contributed by atoms with Crippen molar-refractivity contribution in [3.63, 3.8) is 0 Å². The molecule has 0 aromatic heterocycles. The number of hydrogen-bond acceptors (Lipinski definition) is 2. The lowest BCUT2D eigenvalue weighted by Crippen LogP contribution is -2.39. The van der Waals surface area contributed by atoms with Gasteiger partial charge >= 0.3 is 0 Å². The summed E-state index contributed by atoms with van der Waals surface area (Å²) in [5.41, 5.74) is 0. The van der Waals surface area contributed by atoms with Gasteiger partial charge in [0.2, 0.25) is 10.0 Å². The zero-order valence-corrected chi connectivity index (χ0v) is 14.0. The summed E-state index contributed by atoms with van der Waals surface area (Å²) < 4.78 is 40.3. The monoisotopic (exact) mass is 363 g/mol. The number of halogens is 2. The van der Waals surface area contributed by atoms with Crippen molar-refractivity contribution in [1.29, 1.82) is 0 Å². The lowest BCUT2D eigenvalue weighted by Gasteiger charge is -2.32. The quantitative estimate of drug-likeness (QED) is 0.819. The van der Waals surface area contributed by atoms with Crippen LogP contribution >= 0.6 is 15.9 Å². The first kappa shape index (κ1) is 15.9. The van der Waals surface area contributed by atoms with Gasteiger partial charge in [-0.2, -0.15) is 4.31 Å². The molecule has 1 aromatic rings. The van der Waals surface area contributed by atoms with Crippen LogP contribution in [-0.4, -0.2) is 25.8 Å². The van der Waals surface area contributed by atoms with Gasteiger partial charge in [-0.15, -0.1) is 0 Å². The Kier molecular flexibility index (Phi) is 4.87. The summed E-state index contributed by atoms with van der Waals surface area (Å²) in [6.45, 7) is 2.19. The van der Waals surface area contributed by atoms with Crippen LogP contribution in [0.25, 0.3) is 0 Å². The summed E-state index contributed by atoms with van der Waals surface area (Å²) in [6.07, 6.45) is 3.82. The first-order valence-electron chi connectivity index (χ1n) is 6.75. The van der Waals surface area contributed by atoms with E-state index >= 15 is 0 Å². The third-order valence-electron chi connectivity index (χ3n) is 4.07. The highest BCUT2D eigenvalue weighted by Crippen LogP contribution is 2.30. The fourth-order valence-corrected chi connectivity index (χ4v) is 4.28. The van der Waals surface area contributed by atoms with Crippen molar-refractivity contribution in [2.75, 3.05) is 7.05 Å². The van der Waals surface area contributed by atoms with Crippen molar-refractivity contribution in [3.05, 3.63) is 28.5 Å². The Hall–Kier alpha value is -0.460. The number of benzene rings is 1. The van der Waals surface area contributed by atoms with E-state index in [0.29, 0.717) is 5.92 Å². The molecule has 1 fully saturated rings. The van der Waals surface area contributed by atoms with Crippen molar-refractivity contribution in [3.8, 4) is 0 Å². The minimum Gasteiger partial charge on any atom is -0.207 e. The van der Waals surface area contributed by atoms with Gasteiger partial charge in [0, 0.05) is 13.1 Å². The third-order valence-corrected chi connectivity index (χ3v) is 6.62. The molecule has 1 saturated carbocycles. The van der Waals surface area contributed by atoms with Gasteiger partial charge < -0.3 is 0 Å². The molecule has 0 heterocycles. The van der Waals surface area contributed by atoms with Crippen molar-refractivity contribution in [1.82, 2.24) is 4.31 Å². The zero-order chi connectivity index (χ0) is 14.9. The first-order valence-corrected chi connectivity index (χ1v) is 8.98. The molecule has 0 bridgehead atoms. The van der Waals surface area contributed by atoms with Crippen LogP contribution in [0.2, 0.25) is 0 Å². The molecule has 1 aromatic carbocycles. The largest absolute Gasteiger partial charge is 0.243 e. The molecule has 112 valence electrons. The highest BCUT2D eigenvalue weighted by molar-refractivity contribution is 9.10. The molecule has 0 amide bonds. The molecule has 0 spiro atoms. The van der Waals surface area contributed by atoms with E-state index in [4.69, 9.17) is 0 Å². The second-order valence-electron chi connectivity index (χ2n) is 5.51. The van der Waals surface area contributed by atoms with Crippen LogP contribution < -0.4 is 0 Å². The highest BCUT2D eigenvalue weighted by atomic mass is 79.9. The third kappa shape index (κ3) is 3.23. The van der Waals surface area contributed by atoms with Crippen LogP contribution in [0.3, 0.4) is 0 Å². The molecule has 0 saturated heterocycles. The Balaban J connectivity index is 2.23. The summed E-state index contributed by atoms with van der Waals surface area (Å²) >= 11 is 3.03. The summed E-state index contributed by atoms with van der Waals surface area (Å²) in [5, 5.41) is 0. The van der Waals surface area contributed by atoms with Crippen LogP contribution in [0.15, 0.2) is 27.6 Å². The molecular weight excluding hydrogens is 345 g/mol. The van der Waals surface area contributed by atoms with Crippen LogP contribution in [-0.2, 0) is 10.0 Å². The second kappa shape index (κ2) is 6.12. The summed E-state index contributed by atoms with van der Waals surface area (Å²) in [7, 11) is -2.03. The van der Waals surface area contributed by atoms with E-state index in [9.17, 15) is 12.8 Å². The predicted molar refractivity (Wildman–Crippen MR) is 80.5 cm³/mol. The van der Waals surface area contributed by atoms with Gasteiger partial charge in [0.15, 0.2) is 0 Å². The van der Waals surface area contributed by atoms with Gasteiger partial charge in [-0.05, 0) is 65.7 Å². The fourth-order valence-electron chi connectivity index (χ4n) is 2.61. The fraction of sp³-hybridized carbons (Fsp3) is 0.571. The molecule has 3 nitrogen and oxygen atoms in total. The van der Waals surface area contributed by atoms with Gasteiger partial charge in [-0.25, -0.2) is 12.8 Å². The molecule has 0 radical (unpaired) electrons. The van der Waals surface area contributed by atoms with E-state index in [1.807, 2.05) is 0 Å². The van der Waals surface area contributed by atoms with Gasteiger partial charge in [0.25, 0.3) is 0 Å². The zero-order valence-electron chi connectivity index (χ0n) is 11.6. The Morgan fingerprint density at radius 1 is 1.25 bits per heavy atom. The number of sulfonamides is 1. The standard InChI is InChI=1S/C14H19BrFNO2S/c1-10-3-5-11(6-4-10)17(2)20(18,19)12-7-8-13(15)14(16)9-12/h7-11H,3-6H2,1-2H3. The minimum atomic E-state index is -3.62. The highest BCUT2D eigenvalue weighted by Gasteiger charge is 2.30. The van der Waals surface area contributed by atoms with Crippen LogP contribution in [0.1, 0.15) is 32.6 Å². The van der Waals surface area contributed by atoms with E-state index in [2.05, 4.69) is 22.9 Å². The molecule has 1 aliphatic rings. The van der Waals surface area contributed by atoms with Crippen LogP contribution in [0.5, 0.6) is 0 Å². The normalized spacial score (nSPS) is 24.1. The van der Waals surface area contributed by atoms with Crippen molar-refractivity contribution in [2.45, 2.75) is 43.5 Å². The van der Waals surface area contributed by atoms with Gasteiger partial charge in [-0.1, -0.05) is 6.92 Å². The molecule has 20 heavy (non-hydrogen) atoms. The van der Waals surface area contributed by atoms with Gasteiger partial charge in [0.05, 0.1) is 9.37 Å². The van der Waals surface area contributed by atoms with E-state index in [-0.39, 0.29) is 15.4 Å². The molecule has 0 N–H and O–H groups in total. The van der Waals surface area contributed by atoms with Crippen molar-refractivity contribution >= 4 is 26.0 Å². The summed E-state index contributed by atoms with van der Waals surface area (Å²) in [4.78, 5) is 0.0133. The smallest absolute Gasteiger partial charge is 0.207 e. The Labute approximate surface area is 128 Å². The minimum absolute atomic E-state index is 0.0133. The van der Waals surface area contributed by atoms with Crippen molar-refractivity contribution < 1.29 is 12.8 Å². The average molecular weight is 364 g/mol. The Morgan fingerprint density at radius 2 is 1.85 bits per heavy atom. The van der Waals surface area contributed by atoms with E-state index in [1.54, 1.807) is 7.05 Å². The maximum atomic E-state index is 13.5. The Bertz CT molecular complexity index is 583. The average Bonchev–Trinajstić information content (AvgIpc) is 2.41. The van der Waals surface area contributed by atoms with Gasteiger partial charge in [-0.3, -0.25) is 0 Å². The maximum Gasteiger partial charge on any atom is 0.243 e. The Morgan fingerprint density at radius 3 is 2.40 bits per heavy atom. The second-order valence-corrected chi connectivity index (χ2v) is 8.36. The summed E-state index contributed by atoms with van der Waals surface area (Å²) in [5.74, 6) is 0.101. The molecule has 0 atom stereocenters. The number of nitrogens with zero attached hydrogens (tertiary/aromatic N) is 1. The van der Waals surface area contributed by atoms with Crippen molar-refractivity contribution in [2.24, 2.45) is 5.92 Å². The first-order chi connectivity index (χ1) is 9.32. The number of hydrogen-bond donors (Lipinski definition) is 0. The topological polar surface area (TPSA) is 37.4 Å². The van der Waals surface area contributed by atoms with E-state index < -0.39 is 15.8 Å². The molecule has 0 aliphatic heterocycles. The van der Waals surface area contributed by atoms with Crippen LogP contribution in [0.4, 0.5) is 4.39 Å². The molecule has 6 heteroatoms. The van der Waals surface area contributed by atoms with E-state index in [1.165, 1.54) is 16.4 Å². The predicted octanol–water partition coefficient (Wildman–Crippen LogP) is 3.79. The summed E-state index contributed by atoms with van der Waals surface area (Å²) in [6, 6.07) is 3.95. The van der Waals surface area contributed by atoms with Gasteiger partial charge in [0.1, 0.15) is 5.82 Å². The molecule has 2 rings (SSSR count). The number of rotatable bonds is 3.